The molecule has 0 amide bonds. The lowest BCUT2D eigenvalue weighted by Gasteiger charge is -2.25. The number of hydrogen-bond acceptors (Lipinski definition) is 2. The van der Waals surface area contributed by atoms with Gasteiger partial charge in [-0.1, -0.05) is 11.6 Å². The number of hydrogen-bond donors (Lipinski definition) is 0. The molecule has 2 nitrogen and oxygen atoms in total. The van der Waals surface area contributed by atoms with Crippen LogP contribution in [0.3, 0.4) is 0 Å². The molecule has 0 radical (unpaired) electrons. The predicted molar refractivity (Wildman–Crippen MR) is 66.1 cm³/mol. The van der Waals surface area contributed by atoms with Crippen LogP contribution in [0, 0.1) is 5.92 Å². The second-order valence-corrected chi connectivity index (χ2v) is 5.10. The molecule has 0 bridgehead atoms. The van der Waals surface area contributed by atoms with Crippen LogP contribution in [0.1, 0.15) is 22.3 Å². The SMILES string of the molecule is CN(C)CC1CCc2cc(Cl)ccc2C1=O. The Bertz CT molecular complexity index is 414. The van der Waals surface area contributed by atoms with Crippen molar-refractivity contribution < 1.29 is 4.79 Å². The molecule has 1 aromatic rings. The van der Waals surface area contributed by atoms with Crippen LogP contribution in [0.2, 0.25) is 5.02 Å². The molecule has 1 atom stereocenters. The molecule has 16 heavy (non-hydrogen) atoms. The van der Waals surface area contributed by atoms with Crippen LogP contribution in [-0.4, -0.2) is 31.3 Å². The van der Waals surface area contributed by atoms with E-state index in [2.05, 4.69) is 4.90 Å². The summed E-state index contributed by atoms with van der Waals surface area (Å²) < 4.78 is 0. The lowest BCUT2D eigenvalue weighted by Crippen LogP contribution is -2.31. The average molecular weight is 238 g/mol. The summed E-state index contributed by atoms with van der Waals surface area (Å²) in [4.78, 5) is 14.3. The van der Waals surface area contributed by atoms with Crippen LogP contribution < -0.4 is 0 Å². The zero-order chi connectivity index (χ0) is 11.7. The van der Waals surface area contributed by atoms with E-state index in [9.17, 15) is 4.79 Å². The highest BCUT2D eigenvalue weighted by Gasteiger charge is 2.27. The number of aryl methyl sites for hydroxylation is 1. The second-order valence-electron chi connectivity index (χ2n) is 4.66. The van der Waals surface area contributed by atoms with Crippen LogP contribution in [-0.2, 0) is 6.42 Å². The van der Waals surface area contributed by atoms with E-state index >= 15 is 0 Å². The van der Waals surface area contributed by atoms with Crippen molar-refractivity contribution in [3.8, 4) is 0 Å². The fraction of sp³-hybridized carbons (Fsp3) is 0.462. The number of ketones is 1. The first-order valence-electron chi connectivity index (χ1n) is 5.55. The number of fused-ring (bicyclic) bond motifs is 1. The van der Waals surface area contributed by atoms with E-state index in [1.54, 1.807) is 6.07 Å². The van der Waals surface area contributed by atoms with Gasteiger partial charge in [0.15, 0.2) is 5.78 Å². The Hall–Kier alpha value is -0.860. The first kappa shape index (κ1) is 11.6. The summed E-state index contributed by atoms with van der Waals surface area (Å²) >= 11 is 5.93. The maximum atomic E-state index is 12.2. The van der Waals surface area contributed by atoms with E-state index in [1.165, 1.54) is 0 Å². The van der Waals surface area contributed by atoms with Gasteiger partial charge in [0.25, 0.3) is 0 Å². The Kier molecular flexibility index (Phi) is 3.31. The Morgan fingerprint density at radius 2 is 2.19 bits per heavy atom. The molecule has 0 fully saturated rings. The number of Topliss-reactive ketones (excluding diaryl/α,β-unsaturated/α-hetero) is 1. The zero-order valence-electron chi connectivity index (χ0n) is 9.66. The predicted octanol–water partition coefficient (Wildman–Crippen LogP) is 2.65. The summed E-state index contributed by atoms with van der Waals surface area (Å²) in [6.45, 7) is 0.834. The molecule has 0 heterocycles. The summed E-state index contributed by atoms with van der Waals surface area (Å²) in [6, 6.07) is 5.58. The van der Waals surface area contributed by atoms with E-state index in [0.717, 1.165) is 35.5 Å². The zero-order valence-corrected chi connectivity index (χ0v) is 10.4. The van der Waals surface area contributed by atoms with Gasteiger partial charge in [-0.25, -0.2) is 0 Å². The van der Waals surface area contributed by atoms with Crippen molar-refractivity contribution in [1.29, 1.82) is 0 Å². The highest BCUT2D eigenvalue weighted by Crippen LogP contribution is 2.28. The standard InChI is InChI=1S/C13H16ClNO/c1-15(2)8-10-4-3-9-7-11(14)5-6-12(9)13(10)16/h5-7,10H,3-4,8H2,1-2H3. The van der Waals surface area contributed by atoms with Gasteiger partial charge in [-0.15, -0.1) is 0 Å². The Balaban J connectivity index is 2.25. The lowest BCUT2D eigenvalue weighted by atomic mass is 9.82. The Morgan fingerprint density at radius 3 is 2.88 bits per heavy atom. The molecule has 1 aliphatic carbocycles. The summed E-state index contributed by atoms with van der Waals surface area (Å²) in [5.41, 5.74) is 1.97. The van der Waals surface area contributed by atoms with Crippen LogP contribution in [0.4, 0.5) is 0 Å². The summed E-state index contributed by atoms with van der Waals surface area (Å²) in [5, 5.41) is 0.720. The highest BCUT2D eigenvalue weighted by atomic mass is 35.5. The first-order chi connectivity index (χ1) is 7.58. The second kappa shape index (κ2) is 4.56. The number of carbonyl (C=O) groups excluding carboxylic acids is 1. The summed E-state index contributed by atoms with van der Waals surface area (Å²) in [7, 11) is 4.01. The third kappa shape index (κ3) is 2.28. The minimum absolute atomic E-state index is 0.142. The maximum Gasteiger partial charge on any atom is 0.167 e. The van der Waals surface area contributed by atoms with Crippen molar-refractivity contribution in [2.75, 3.05) is 20.6 Å². The van der Waals surface area contributed by atoms with Crippen molar-refractivity contribution in [3.05, 3.63) is 34.3 Å². The summed E-state index contributed by atoms with van der Waals surface area (Å²) in [6.07, 6.45) is 1.89. The number of halogens is 1. The van der Waals surface area contributed by atoms with Crippen LogP contribution >= 0.6 is 11.6 Å². The fourth-order valence-electron chi connectivity index (χ4n) is 2.31. The van der Waals surface area contributed by atoms with E-state index < -0.39 is 0 Å². The molecule has 1 aliphatic rings. The molecule has 0 aromatic heterocycles. The van der Waals surface area contributed by atoms with Gasteiger partial charge < -0.3 is 4.90 Å². The van der Waals surface area contributed by atoms with E-state index in [-0.39, 0.29) is 11.7 Å². The third-order valence-electron chi connectivity index (χ3n) is 3.05. The van der Waals surface area contributed by atoms with Gasteiger partial charge in [-0.3, -0.25) is 4.79 Å². The lowest BCUT2D eigenvalue weighted by molar-refractivity contribution is 0.0877. The maximum absolute atomic E-state index is 12.2. The van der Waals surface area contributed by atoms with E-state index in [0.29, 0.717) is 0 Å². The molecule has 0 saturated heterocycles. The molecule has 0 saturated carbocycles. The van der Waals surface area contributed by atoms with Crippen LogP contribution in [0.5, 0.6) is 0 Å². The first-order valence-corrected chi connectivity index (χ1v) is 5.93. The molecule has 2 rings (SSSR count). The van der Waals surface area contributed by atoms with Gasteiger partial charge in [0.1, 0.15) is 0 Å². The third-order valence-corrected chi connectivity index (χ3v) is 3.29. The van der Waals surface area contributed by atoms with Crippen LogP contribution in [0.25, 0.3) is 0 Å². The van der Waals surface area contributed by atoms with Gasteiger partial charge in [0, 0.05) is 23.0 Å². The quantitative estimate of drug-likeness (QED) is 0.788. The number of benzene rings is 1. The number of nitrogens with zero attached hydrogens (tertiary/aromatic N) is 1. The minimum Gasteiger partial charge on any atom is -0.309 e. The molecule has 3 heteroatoms. The highest BCUT2D eigenvalue weighted by molar-refractivity contribution is 6.30. The largest absolute Gasteiger partial charge is 0.309 e. The van der Waals surface area contributed by atoms with E-state index in [4.69, 9.17) is 11.6 Å². The van der Waals surface area contributed by atoms with Crippen molar-refractivity contribution in [2.45, 2.75) is 12.8 Å². The molecular weight excluding hydrogens is 222 g/mol. The fourth-order valence-corrected chi connectivity index (χ4v) is 2.50. The number of rotatable bonds is 2. The van der Waals surface area contributed by atoms with Crippen LogP contribution in [0.15, 0.2) is 18.2 Å². The monoisotopic (exact) mass is 237 g/mol. The average Bonchev–Trinajstić information content (AvgIpc) is 2.22. The molecular formula is C13H16ClNO. The normalized spacial score (nSPS) is 20.0. The van der Waals surface area contributed by atoms with Gasteiger partial charge in [-0.05, 0) is 50.7 Å². The molecule has 0 aliphatic heterocycles. The Labute approximate surface area is 101 Å². The molecule has 0 spiro atoms. The van der Waals surface area contributed by atoms with Crippen molar-refractivity contribution in [2.24, 2.45) is 5.92 Å². The molecule has 1 aromatic carbocycles. The van der Waals surface area contributed by atoms with Crippen molar-refractivity contribution >= 4 is 17.4 Å². The smallest absolute Gasteiger partial charge is 0.167 e. The van der Waals surface area contributed by atoms with Crippen molar-refractivity contribution in [1.82, 2.24) is 4.90 Å². The van der Waals surface area contributed by atoms with Gasteiger partial charge in [0.2, 0.25) is 0 Å². The van der Waals surface area contributed by atoms with Gasteiger partial charge in [0.05, 0.1) is 0 Å². The molecule has 86 valence electrons. The van der Waals surface area contributed by atoms with Gasteiger partial charge in [-0.2, -0.15) is 0 Å². The Morgan fingerprint density at radius 1 is 1.44 bits per heavy atom. The number of carbonyl (C=O) groups is 1. The molecule has 0 N–H and O–H groups in total. The van der Waals surface area contributed by atoms with E-state index in [1.807, 2.05) is 26.2 Å². The minimum atomic E-state index is 0.142. The summed E-state index contributed by atoms with van der Waals surface area (Å²) in [5.74, 6) is 0.412. The topological polar surface area (TPSA) is 20.3 Å². The van der Waals surface area contributed by atoms with Gasteiger partial charge >= 0.3 is 0 Å². The van der Waals surface area contributed by atoms with Crippen molar-refractivity contribution in [3.63, 3.8) is 0 Å². The molecule has 1 unspecified atom stereocenters.